The van der Waals surface area contributed by atoms with Gasteiger partial charge >= 0.3 is 0 Å². The molecule has 1 aromatic heterocycles. The zero-order valence-electron chi connectivity index (χ0n) is 35.4. The van der Waals surface area contributed by atoms with E-state index in [4.69, 9.17) is 31.9 Å². The maximum absolute atomic E-state index is 14.5. The van der Waals surface area contributed by atoms with E-state index in [0.29, 0.717) is 39.4 Å². The molecule has 5 amide bonds. The third-order valence-electron chi connectivity index (χ3n) is 9.39. The van der Waals surface area contributed by atoms with E-state index >= 15 is 0 Å². The molecule has 0 saturated carbocycles. The Balaban J connectivity index is 1.84. The largest absolute Gasteiger partial charge is 0.492 e. The van der Waals surface area contributed by atoms with Crippen molar-refractivity contribution >= 4 is 29.5 Å². The summed E-state index contributed by atoms with van der Waals surface area (Å²) in [5.74, 6) is 3.57. The van der Waals surface area contributed by atoms with Gasteiger partial charge in [0.05, 0.1) is 17.3 Å². The Bertz CT molecular complexity index is 2210. The minimum absolute atomic E-state index is 0.00171. The van der Waals surface area contributed by atoms with E-state index in [1.165, 1.54) is 25.1 Å². The molecular weight excluding hydrogens is 783 g/mol. The number of nitriles is 1. The van der Waals surface area contributed by atoms with Gasteiger partial charge in [0, 0.05) is 49.3 Å². The van der Waals surface area contributed by atoms with Gasteiger partial charge in [0.15, 0.2) is 0 Å². The van der Waals surface area contributed by atoms with Crippen LogP contribution in [0, 0.1) is 35.5 Å². The van der Waals surface area contributed by atoms with Gasteiger partial charge in [0.25, 0.3) is 5.91 Å². The molecule has 0 fully saturated rings. The van der Waals surface area contributed by atoms with Crippen LogP contribution in [0.25, 0.3) is 11.1 Å². The Morgan fingerprint density at radius 1 is 0.984 bits per heavy atom. The van der Waals surface area contributed by atoms with Gasteiger partial charge in [-0.3, -0.25) is 24.0 Å². The Hall–Kier alpha value is -6.60. The fraction of sp³-hybridized carbons (Fsp3) is 0.442. The second-order valence-corrected chi connectivity index (χ2v) is 15.4. The number of hydrogen-bond acceptors (Lipinski definition) is 13. The first-order valence-corrected chi connectivity index (χ1v) is 19.8. The Labute approximate surface area is 355 Å². The fourth-order valence-electron chi connectivity index (χ4n) is 6.36. The molecular formula is C43H55N11O7. The van der Waals surface area contributed by atoms with E-state index in [1.807, 2.05) is 26.8 Å². The summed E-state index contributed by atoms with van der Waals surface area (Å²) >= 11 is 0. The van der Waals surface area contributed by atoms with Crippen LogP contribution in [0.1, 0.15) is 73.2 Å². The molecule has 4 atom stereocenters. The van der Waals surface area contributed by atoms with Crippen LogP contribution < -0.4 is 47.9 Å². The number of carbonyl (C=O) groups excluding carboxylic acids is 5. The number of aromatic nitrogens is 2. The van der Waals surface area contributed by atoms with Gasteiger partial charge in [-0.05, 0) is 88.9 Å². The predicted octanol–water partition coefficient (Wildman–Crippen LogP) is 0.357. The molecule has 1 aliphatic rings. The van der Waals surface area contributed by atoms with Gasteiger partial charge in [-0.2, -0.15) is 5.26 Å². The van der Waals surface area contributed by atoms with Crippen molar-refractivity contribution in [1.29, 1.82) is 5.26 Å². The number of amides is 5. The van der Waals surface area contributed by atoms with Crippen molar-refractivity contribution in [3.8, 4) is 40.5 Å². The first-order chi connectivity index (χ1) is 29.0. The van der Waals surface area contributed by atoms with Gasteiger partial charge in [-0.1, -0.05) is 18.1 Å². The maximum Gasteiger partial charge on any atom is 0.255 e. The van der Waals surface area contributed by atoms with Crippen LogP contribution in [-0.4, -0.2) is 109 Å². The summed E-state index contributed by atoms with van der Waals surface area (Å²) in [7, 11) is 1.40. The molecule has 2 aromatic carbocycles. The lowest BCUT2D eigenvalue weighted by atomic mass is 9.93. The second kappa shape index (κ2) is 21.6. The summed E-state index contributed by atoms with van der Waals surface area (Å²) in [5.41, 5.74) is 19.6. The molecule has 0 aliphatic carbocycles. The van der Waals surface area contributed by atoms with Crippen molar-refractivity contribution in [2.45, 2.75) is 71.6 Å². The van der Waals surface area contributed by atoms with Crippen molar-refractivity contribution in [3.05, 3.63) is 70.8 Å². The second-order valence-electron chi connectivity index (χ2n) is 15.4. The van der Waals surface area contributed by atoms with Gasteiger partial charge in [0.1, 0.15) is 55.4 Å². The molecule has 0 spiro atoms. The third kappa shape index (κ3) is 12.7. The first-order valence-electron chi connectivity index (χ1n) is 19.8. The van der Waals surface area contributed by atoms with Crippen LogP contribution in [0.5, 0.6) is 11.5 Å². The van der Waals surface area contributed by atoms with E-state index in [1.54, 1.807) is 43.3 Å². The fourth-order valence-corrected chi connectivity index (χ4v) is 6.36. The normalized spacial score (nSPS) is 16.8. The van der Waals surface area contributed by atoms with E-state index < -0.39 is 53.7 Å². The number of nitrogens with two attached hydrogens (primary N) is 3. The van der Waals surface area contributed by atoms with Crippen LogP contribution >= 0.6 is 0 Å². The Morgan fingerprint density at radius 3 is 2.25 bits per heavy atom. The van der Waals surface area contributed by atoms with Gasteiger partial charge in [0.2, 0.25) is 29.5 Å². The number of nitrogens with zero attached hydrogens (tertiary/aromatic N) is 4. The molecule has 3 aromatic rings. The average Bonchev–Trinajstić information content (AvgIpc) is 3.22. The summed E-state index contributed by atoms with van der Waals surface area (Å²) in [4.78, 5) is 79.4. The molecule has 61 heavy (non-hydrogen) atoms. The first kappa shape index (κ1) is 47.1. The maximum atomic E-state index is 14.5. The van der Waals surface area contributed by atoms with E-state index in [-0.39, 0.29) is 69.0 Å². The number of rotatable bonds is 14. The number of hydrogen-bond donors (Lipinski definition) is 7. The topological polar surface area (TPSA) is 283 Å². The highest BCUT2D eigenvalue weighted by Crippen LogP contribution is 2.40. The van der Waals surface area contributed by atoms with Crippen molar-refractivity contribution in [2.75, 3.05) is 46.4 Å². The molecule has 1 aliphatic heterocycles. The number of benzene rings is 2. The molecule has 18 nitrogen and oxygen atoms in total. The molecule has 18 heteroatoms. The molecule has 0 saturated heterocycles. The van der Waals surface area contributed by atoms with Gasteiger partial charge < -0.3 is 52.8 Å². The predicted molar refractivity (Wildman–Crippen MR) is 226 cm³/mol. The summed E-state index contributed by atoms with van der Waals surface area (Å²) in [5, 5.41) is 19.8. The van der Waals surface area contributed by atoms with E-state index in [2.05, 4.69) is 43.1 Å². The van der Waals surface area contributed by atoms with Crippen LogP contribution in [0.4, 0.5) is 0 Å². The molecule has 0 radical (unpaired) electrons. The zero-order chi connectivity index (χ0) is 44.9. The minimum atomic E-state index is -1.40. The lowest BCUT2D eigenvalue weighted by Gasteiger charge is -2.32. The molecule has 4 bridgehead atoms. The molecule has 4 unspecified atom stereocenters. The minimum Gasteiger partial charge on any atom is -0.492 e. The van der Waals surface area contributed by atoms with Gasteiger partial charge in [-0.25, -0.2) is 9.97 Å². The molecule has 2 heterocycles. The number of carbonyl (C=O) groups is 5. The zero-order valence-corrected chi connectivity index (χ0v) is 35.4. The number of likely N-dealkylation sites (N-methyl/N-ethyl adjacent to an activating group) is 1. The average molecular weight is 838 g/mol. The monoisotopic (exact) mass is 837 g/mol. The van der Waals surface area contributed by atoms with Gasteiger partial charge in [-0.15, -0.1) is 0 Å². The standard InChI is InChI=1S/C43H55N11O7/c1-25-31(24-49-36(50-25)11-13-43(3,4)5)39(56)52-32(12-14-44)42(59)54(6)37-28-8-10-35(61-20-17-47)30(23-28)29-21-27(7-9-34(29)60-19-16-46)22-33(40(57)48-18-15-45)53-38(55)26(2)51-41(37)58/h7-10,21,23-24,26,32-33,37H,12,14,16-20,22,44,46-47H2,1-6H3,(H,48,57)(H,51,58)(H,52,56)(H,53,55). The Morgan fingerprint density at radius 2 is 1.64 bits per heavy atom. The summed E-state index contributed by atoms with van der Waals surface area (Å²) < 4.78 is 12.1. The van der Waals surface area contributed by atoms with Crippen molar-refractivity contribution in [1.82, 2.24) is 36.1 Å². The SMILES string of the molecule is Cc1nc(C#CC(C)(C)C)ncc1C(=O)NC(CCN)C(=O)N(C)C1C(=O)NC(C)C(=O)NC(C(=O)NCC#N)Cc2ccc(OCCN)c(c2)-c2cc1ccc2OCCN. The van der Waals surface area contributed by atoms with Crippen LogP contribution in [0.15, 0.2) is 42.6 Å². The lowest BCUT2D eigenvalue weighted by Crippen LogP contribution is -2.56. The smallest absolute Gasteiger partial charge is 0.255 e. The summed E-state index contributed by atoms with van der Waals surface area (Å²) in [6.07, 6.45) is 1.34. The number of fused-ring (bicyclic) bond motifs is 5. The molecule has 4 rings (SSSR count). The third-order valence-corrected chi connectivity index (χ3v) is 9.39. The Kier molecular flexibility index (Phi) is 16.7. The highest BCUT2D eigenvalue weighted by molar-refractivity contribution is 5.99. The molecule has 10 N–H and O–H groups in total. The highest BCUT2D eigenvalue weighted by Gasteiger charge is 2.36. The quantitative estimate of drug-likeness (QED) is 0.0854. The summed E-state index contributed by atoms with van der Waals surface area (Å²) in [6.45, 7) is 9.26. The van der Waals surface area contributed by atoms with Crippen LogP contribution in [0.3, 0.4) is 0 Å². The summed E-state index contributed by atoms with van der Waals surface area (Å²) in [6, 6.07) is 6.98. The van der Waals surface area contributed by atoms with Crippen molar-refractivity contribution in [3.63, 3.8) is 0 Å². The number of aryl methyl sites for hydroxylation is 1. The number of ether oxygens (including phenoxy) is 2. The van der Waals surface area contributed by atoms with E-state index in [0.717, 1.165) is 0 Å². The van der Waals surface area contributed by atoms with Crippen LogP contribution in [-0.2, 0) is 25.6 Å². The number of nitrogens with one attached hydrogen (secondary N) is 4. The van der Waals surface area contributed by atoms with E-state index in [9.17, 15) is 24.0 Å². The van der Waals surface area contributed by atoms with Crippen molar-refractivity contribution in [2.24, 2.45) is 22.6 Å². The van der Waals surface area contributed by atoms with Crippen molar-refractivity contribution < 1.29 is 33.4 Å². The molecule has 324 valence electrons. The van der Waals surface area contributed by atoms with Crippen LogP contribution in [0.2, 0.25) is 0 Å². The lowest BCUT2D eigenvalue weighted by molar-refractivity contribution is -0.141. The highest BCUT2D eigenvalue weighted by atomic mass is 16.5.